The Balaban J connectivity index is 1.98. The summed E-state index contributed by atoms with van der Waals surface area (Å²) >= 11 is 1.11. The van der Waals surface area contributed by atoms with Crippen LogP contribution in [-0.2, 0) is 20.7 Å². The van der Waals surface area contributed by atoms with Gasteiger partial charge >= 0.3 is 12.3 Å². The predicted octanol–water partition coefficient (Wildman–Crippen LogP) is 3.80. The molecule has 0 spiro atoms. The first-order valence-corrected chi connectivity index (χ1v) is 8.58. The monoisotopic (exact) mass is 400 g/mol. The number of nitrogens with one attached hydrogen (secondary N) is 1. The van der Waals surface area contributed by atoms with Crippen LogP contribution in [0.1, 0.15) is 18.2 Å². The first kappa shape index (κ1) is 20.4. The van der Waals surface area contributed by atoms with Crippen molar-refractivity contribution in [2.24, 2.45) is 0 Å². The van der Waals surface area contributed by atoms with E-state index in [0.717, 1.165) is 23.5 Å². The van der Waals surface area contributed by atoms with Crippen LogP contribution < -0.4 is 10.1 Å². The number of amides is 1. The highest BCUT2D eigenvalue weighted by Crippen LogP contribution is 2.27. The van der Waals surface area contributed by atoms with Crippen LogP contribution in [0.2, 0.25) is 0 Å². The van der Waals surface area contributed by atoms with Gasteiger partial charge in [-0.25, -0.2) is 4.98 Å². The summed E-state index contributed by atoms with van der Waals surface area (Å²) in [6, 6.07) is 5.43. The number of ether oxygens (including phenoxy) is 2. The SMILES string of the molecule is CCOC(=O)Cc1csc(NC(=O)/C=C/c2ccccc2OC(F)(F)F)n1. The Hall–Kier alpha value is -2.88. The van der Waals surface area contributed by atoms with E-state index in [1.807, 2.05) is 0 Å². The second kappa shape index (κ2) is 9.17. The Labute approximate surface area is 156 Å². The van der Waals surface area contributed by atoms with Crippen molar-refractivity contribution in [3.05, 3.63) is 47.0 Å². The molecule has 0 saturated heterocycles. The Morgan fingerprint density at radius 3 is 2.74 bits per heavy atom. The third-order valence-corrected chi connectivity index (χ3v) is 3.78. The highest BCUT2D eigenvalue weighted by Gasteiger charge is 2.31. The van der Waals surface area contributed by atoms with Gasteiger partial charge in [0.2, 0.25) is 5.91 Å². The molecular weight excluding hydrogens is 385 g/mol. The summed E-state index contributed by atoms with van der Waals surface area (Å²) in [4.78, 5) is 27.4. The Morgan fingerprint density at radius 2 is 2.04 bits per heavy atom. The van der Waals surface area contributed by atoms with Gasteiger partial charge in [0.05, 0.1) is 18.7 Å². The molecule has 1 heterocycles. The van der Waals surface area contributed by atoms with Crippen LogP contribution in [0.3, 0.4) is 0 Å². The first-order chi connectivity index (χ1) is 12.8. The zero-order chi connectivity index (χ0) is 19.9. The highest BCUT2D eigenvalue weighted by molar-refractivity contribution is 7.14. The number of rotatable bonds is 7. The zero-order valence-corrected chi connectivity index (χ0v) is 14.9. The van der Waals surface area contributed by atoms with Gasteiger partial charge in [-0.15, -0.1) is 24.5 Å². The molecular formula is C17H15F3N2O4S. The van der Waals surface area contributed by atoms with Crippen molar-refractivity contribution in [3.8, 4) is 5.75 Å². The summed E-state index contributed by atoms with van der Waals surface area (Å²) in [5.41, 5.74) is 0.536. The van der Waals surface area contributed by atoms with E-state index in [2.05, 4.69) is 15.0 Å². The highest BCUT2D eigenvalue weighted by atomic mass is 32.1. The Kier molecular flexibility index (Phi) is 6.94. The number of para-hydroxylation sites is 1. The lowest BCUT2D eigenvalue weighted by Crippen LogP contribution is -2.17. The van der Waals surface area contributed by atoms with E-state index in [9.17, 15) is 22.8 Å². The molecule has 27 heavy (non-hydrogen) atoms. The number of hydrogen-bond donors (Lipinski definition) is 1. The molecule has 2 rings (SSSR count). The lowest BCUT2D eigenvalue weighted by molar-refractivity contribution is -0.274. The summed E-state index contributed by atoms with van der Waals surface area (Å²) in [5, 5.41) is 4.33. The average Bonchev–Trinajstić information content (AvgIpc) is 2.99. The number of halogens is 3. The lowest BCUT2D eigenvalue weighted by Gasteiger charge is -2.10. The van der Waals surface area contributed by atoms with Gasteiger partial charge in [-0.1, -0.05) is 18.2 Å². The minimum absolute atomic E-state index is 0.0157. The maximum Gasteiger partial charge on any atom is 0.573 e. The van der Waals surface area contributed by atoms with Gasteiger partial charge in [0, 0.05) is 17.0 Å². The second-order valence-electron chi connectivity index (χ2n) is 5.03. The van der Waals surface area contributed by atoms with Crippen molar-refractivity contribution in [1.29, 1.82) is 0 Å². The molecule has 0 aliphatic heterocycles. The van der Waals surface area contributed by atoms with Gasteiger partial charge < -0.3 is 9.47 Å². The fourth-order valence-electron chi connectivity index (χ4n) is 1.95. The van der Waals surface area contributed by atoms with Crippen LogP contribution >= 0.6 is 11.3 Å². The standard InChI is InChI=1S/C17H15F3N2O4S/c1-2-25-15(24)9-12-10-27-16(21-12)22-14(23)8-7-11-5-3-4-6-13(11)26-17(18,19)20/h3-8,10H,2,9H2,1H3,(H,21,22,23)/b8-7+. The van der Waals surface area contributed by atoms with Crippen LogP contribution in [0.4, 0.5) is 18.3 Å². The minimum Gasteiger partial charge on any atom is -0.466 e. The molecule has 144 valence electrons. The third-order valence-electron chi connectivity index (χ3n) is 2.97. The van der Waals surface area contributed by atoms with Crippen molar-refractivity contribution < 1.29 is 32.2 Å². The number of esters is 1. The molecule has 0 bridgehead atoms. The minimum atomic E-state index is -4.83. The molecule has 1 amide bonds. The van der Waals surface area contributed by atoms with Gasteiger partial charge in [0.1, 0.15) is 5.75 Å². The van der Waals surface area contributed by atoms with E-state index in [1.54, 1.807) is 12.3 Å². The smallest absolute Gasteiger partial charge is 0.466 e. The Bertz CT molecular complexity index is 834. The van der Waals surface area contributed by atoms with E-state index in [4.69, 9.17) is 4.74 Å². The maximum absolute atomic E-state index is 12.4. The molecule has 10 heteroatoms. The van der Waals surface area contributed by atoms with Crippen LogP contribution in [0, 0.1) is 0 Å². The van der Waals surface area contributed by atoms with Gasteiger partial charge in [-0.05, 0) is 19.1 Å². The van der Waals surface area contributed by atoms with Crippen molar-refractivity contribution in [2.45, 2.75) is 19.7 Å². The number of carbonyl (C=O) groups excluding carboxylic acids is 2. The van der Waals surface area contributed by atoms with E-state index >= 15 is 0 Å². The van der Waals surface area contributed by atoms with E-state index in [-0.39, 0.29) is 23.7 Å². The van der Waals surface area contributed by atoms with Crippen LogP contribution in [0.15, 0.2) is 35.7 Å². The first-order valence-electron chi connectivity index (χ1n) is 7.70. The zero-order valence-electron chi connectivity index (χ0n) is 14.1. The number of nitrogens with zero attached hydrogens (tertiary/aromatic N) is 1. The third kappa shape index (κ3) is 7.10. The summed E-state index contributed by atoms with van der Waals surface area (Å²) in [7, 11) is 0. The number of anilines is 1. The molecule has 0 atom stereocenters. The molecule has 1 aromatic carbocycles. The second-order valence-corrected chi connectivity index (χ2v) is 5.89. The lowest BCUT2D eigenvalue weighted by atomic mass is 10.2. The van der Waals surface area contributed by atoms with Gasteiger partial charge in [-0.2, -0.15) is 0 Å². The Morgan fingerprint density at radius 1 is 1.30 bits per heavy atom. The molecule has 1 N–H and O–H groups in total. The molecule has 0 unspecified atom stereocenters. The number of carbonyl (C=O) groups is 2. The van der Waals surface area contributed by atoms with Crippen LogP contribution in [-0.4, -0.2) is 29.8 Å². The van der Waals surface area contributed by atoms with Crippen LogP contribution in [0.5, 0.6) is 5.75 Å². The van der Waals surface area contributed by atoms with E-state index in [1.165, 1.54) is 24.3 Å². The molecule has 0 fully saturated rings. The van der Waals surface area contributed by atoms with Crippen LogP contribution in [0.25, 0.3) is 6.08 Å². The van der Waals surface area contributed by atoms with Crippen molar-refractivity contribution in [3.63, 3.8) is 0 Å². The molecule has 0 saturated carbocycles. The maximum atomic E-state index is 12.4. The number of benzene rings is 1. The van der Waals surface area contributed by atoms with E-state index < -0.39 is 24.0 Å². The van der Waals surface area contributed by atoms with Crippen molar-refractivity contribution in [1.82, 2.24) is 4.98 Å². The number of thiazole rings is 1. The van der Waals surface area contributed by atoms with Gasteiger partial charge in [-0.3, -0.25) is 14.9 Å². The number of hydrogen-bond acceptors (Lipinski definition) is 6. The molecule has 0 aliphatic rings. The van der Waals surface area contributed by atoms with E-state index in [0.29, 0.717) is 5.69 Å². The fraction of sp³-hybridized carbons (Fsp3) is 0.235. The normalized spacial score (nSPS) is 11.4. The molecule has 2 aromatic rings. The quantitative estimate of drug-likeness (QED) is 0.565. The van der Waals surface area contributed by atoms with Crippen molar-refractivity contribution in [2.75, 3.05) is 11.9 Å². The number of alkyl halides is 3. The molecule has 0 radical (unpaired) electrons. The van der Waals surface area contributed by atoms with Gasteiger partial charge in [0.25, 0.3) is 0 Å². The molecule has 1 aromatic heterocycles. The van der Waals surface area contributed by atoms with Crippen molar-refractivity contribution >= 4 is 34.4 Å². The average molecular weight is 400 g/mol. The fourth-order valence-corrected chi connectivity index (χ4v) is 2.67. The number of aromatic nitrogens is 1. The summed E-state index contributed by atoms with van der Waals surface area (Å²) in [6.07, 6.45) is -2.59. The molecule has 0 aliphatic carbocycles. The summed E-state index contributed by atoms with van der Waals surface area (Å²) < 4.78 is 45.9. The predicted molar refractivity (Wildman–Crippen MR) is 93.2 cm³/mol. The molecule has 6 nitrogen and oxygen atoms in total. The topological polar surface area (TPSA) is 77.5 Å². The largest absolute Gasteiger partial charge is 0.573 e. The summed E-state index contributed by atoms with van der Waals surface area (Å²) in [6.45, 7) is 1.95. The van der Waals surface area contributed by atoms with Gasteiger partial charge in [0.15, 0.2) is 5.13 Å². The summed E-state index contributed by atoms with van der Waals surface area (Å²) in [5.74, 6) is -1.43.